The molecule has 0 bridgehead atoms. The summed E-state index contributed by atoms with van der Waals surface area (Å²) in [6.07, 6.45) is 12.0. The number of hydrogen-bond acceptors (Lipinski definition) is 3. The van der Waals surface area contributed by atoms with Gasteiger partial charge < -0.3 is 10.2 Å². The summed E-state index contributed by atoms with van der Waals surface area (Å²) in [5.74, 6) is 0.728. The maximum Gasteiger partial charge on any atom is 0.250 e. The fourth-order valence-corrected chi connectivity index (χ4v) is 3.53. The molecule has 0 radical (unpaired) electrons. The van der Waals surface area contributed by atoms with Gasteiger partial charge in [-0.05, 0) is 37.8 Å². The number of amides is 2. The predicted octanol–water partition coefficient (Wildman–Crippen LogP) is 2.15. The lowest BCUT2D eigenvalue weighted by Crippen LogP contribution is -2.61. The zero-order valence-corrected chi connectivity index (χ0v) is 13.2. The van der Waals surface area contributed by atoms with Crippen molar-refractivity contribution in [3.63, 3.8) is 0 Å². The van der Waals surface area contributed by atoms with E-state index in [0.29, 0.717) is 11.8 Å². The molecule has 0 aromatic carbocycles. The molecule has 3 unspecified atom stereocenters. The summed E-state index contributed by atoms with van der Waals surface area (Å²) in [6.45, 7) is 4.01. The van der Waals surface area contributed by atoms with Gasteiger partial charge in [-0.25, -0.2) is 0 Å². The highest BCUT2D eigenvalue weighted by Gasteiger charge is 2.46. The van der Waals surface area contributed by atoms with Crippen LogP contribution in [0.4, 0.5) is 0 Å². The van der Waals surface area contributed by atoms with Crippen LogP contribution in [-0.4, -0.2) is 34.1 Å². The molecule has 1 fully saturated rings. The maximum absolute atomic E-state index is 12.9. The van der Waals surface area contributed by atoms with Crippen LogP contribution in [-0.2, 0) is 9.59 Å². The Hall–Kier alpha value is -1.91. The fourth-order valence-electron chi connectivity index (χ4n) is 3.53. The number of allylic oxidation sites excluding steroid dienone is 2. The summed E-state index contributed by atoms with van der Waals surface area (Å²) < 4.78 is 0. The van der Waals surface area contributed by atoms with Crippen molar-refractivity contribution >= 4 is 17.6 Å². The molecule has 2 amide bonds. The smallest absolute Gasteiger partial charge is 0.250 e. The molecule has 0 aromatic heterocycles. The Kier molecular flexibility index (Phi) is 3.89. The molecular weight excluding hydrogens is 278 g/mol. The maximum atomic E-state index is 12.9. The summed E-state index contributed by atoms with van der Waals surface area (Å²) in [7, 11) is 0. The van der Waals surface area contributed by atoms with Crippen molar-refractivity contribution in [2.24, 2.45) is 10.9 Å². The minimum Gasteiger partial charge on any atom is -0.351 e. The van der Waals surface area contributed by atoms with Gasteiger partial charge >= 0.3 is 0 Å². The number of aliphatic imine (C=N–C) groups is 1. The van der Waals surface area contributed by atoms with Gasteiger partial charge in [-0.3, -0.25) is 9.59 Å². The van der Waals surface area contributed by atoms with E-state index in [9.17, 15) is 9.59 Å². The van der Waals surface area contributed by atoms with Crippen LogP contribution in [0.15, 0.2) is 29.4 Å². The van der Waals surface area contributed by atoms with Crippen LogP contribution >= 0.6 is 0 Å². The summed E-state index contributed by atoms with van der Waals surface area (Å²) in [5.41, 5.74) is -0.896. The van der Waals surface area contributed by atoms with Crippen LogP contribution in [0.1, 0.15) is 46.0 Å². The number of carbonyl (C=O) groups is 2. The van der Waals surface area contributed by atoms with Crippen LogP contribution in [0.2, 0.25) is 0 Å². The molecule has 22 heavy (non-hydrogen) atoms. The number of nitrogens with one attached hydrogen (secondary N) is 1. The largest absolute Gasteiger partial charge is 0.351 e. The van der Waals surface area contributed by atoms with Crippen molar-refractivity contribution in [3.8, 4) is 0 Å². The third-order valence-corrected chi connectivity index (χ3v) is 5.02. The lowest BCUT2D eigenvalue weighted by atomic mass is 9.84. The highest BCUT2D eigenvalue weighted by molar-refractivity contribution is 6.09. The first-order chi connectivity index (χ1) is 10.5. The summed E-state index contributed by atoms with van der Waals surface area (Å²) >= 11 is 0. The molecule has 2 heterocycles. The van der Waals surface area contributed by atoms with Crippen LogP contribution in [0.25, 0.3) is 0 Å². The van der Waals surface area contributed by atoms with Gasteiger partial charge in [-0.15, -0.1) is 0 Å². The van der Waals surface area contributed by atoms with Gasteiger partial charge in [0.2, 0.25) is 5.91 Å². The monoisotopic (exact) mass is 301 g/mol. The van der Waals surface area contributed by atoms with Crippen molar-refractivity contribution in [3.05, 3.63) is 24.4 Å². The molecule has 0 spiro atoms. The van der Waals surface area contributed by atoms with E-state index >= 15 is 0 Å². The first-order valence-corrected chi connectivity index (χ1v) is 8.07. The molecule has 2 aliphatic heterocycles. The molecule has 1 N–H and O–H groups in total. The third-order valence-electron chi connectivity index (χ3n) is 5.02. The topological polar surface area (TPSA) is 61.8 Å². The third kappa shape index (κ3) is 2.60. The summed E-state index contributed by atoms with van der Waals surface area (Å²) in [4.78, 5) is 30.7. The molecule has 0 saturated heterocycles. The van der Waals surface area contributed by atoms with Crippen molar-refractivity contribution in [1.29, 1.82) is 0 Å². The Labute approximate surface area is 131 Å². The molecule has 5 nitrogen and oxygen atoms in total. The number of nitrogens with zero attached hydrogens (tertiary/aromatic N) is 2. The Morgan fingerprint density at radius 1 is 1.36 bits per heavy atom. The highest BCUT2D eigenvalue weighted by Crippen LogP contribution is 2.30. The molecular formula is C17H23N3O2. The second-order valence-electron chi connectivity index (χ2n) is 6.73. The lowest BCUT2D eigenvalue weighted by molar-refractivity contribution is -0.135. The van der Waals surface area contributed by atoms with Gasteiger partial charge in [0.05, 0.1) is 6.42 Å². The van der Waals surface area contributed by atoms with E-state index in [1.54, 1.807) is 6.08 Å². The number of carbonyl (C=O) groups excluding carboxylic acids is 2. The number of amidine groups is 1. The Balaban J connectivity index is 1.81. The standard InChI is InChI=1S/C17H23N3O2/c1-12-7-3-4-8-13(12)18-16(22)17(2)11-15(21)19-14-9-5-6-10-20(14)17/h5-6,9-10,12-13H,3-4,7-8,11H2,1-2H3,(H,18,22). The second-order valence-corrected chi connectivity index (χ2v) is 6.73. The van der Waals surface area contributed by atoms with E-state index in [1.807, 2.05) is 30.2 Å². The van der Waals surface area contributed by atoms with Crippen LogP contribution in [0, 0.1) is 5.92 Å². The number of hydrogen-bond donors (Lipinski definition) is 1. The van der Waals surface area contributed by atoms with Crippen molar-refractivity contribution in [2.45, 2.75) is 57.5 Å². The molecule has 3 atom stereocenters. The first kappa shape index (κ1) is 15.0. The molecule has 5 heteroatoms. The highest BCUT2D eigenvalue weighted by atomic mass is 16.2. The van der Waals surface area contributed by atoms with Gasteiger partial charge in [-0.2, -0.15) is 4.99 Å². The van der Waals surface area contributed by atoms with Crippen molar-refractivity contribution < 1.29 is 9.59 Å². The molecule has 1 aliphatic carbocycles. The molecule has 0 aromatic rings. The van der Waals surface area contributed by atoms with E-state index in [-0.39, 0.29) is 24.3 Å². The van der Waals surface area contributed by atoms with E-state index in [2.05, 4.69) is 17.2 Å². The minimum atomic E-state index is -0.896. The minimum absolute atomic E-state index is 0.0769. The van der Waals surface area contributed by atoms with E-state index in [4.69, 9.17) is 0 Å². The average molecular weight is 301 g/mol. The quantitative estimate of drug-likeness (QED) is 0.850. The molecule has 118 valence electrons. The van der Waals surface area contributed by atoms with Gasteiger partial charge in [0, 0.05) is 12.2 Å². The van der Waals surface area contributed by atoms with Gasteiger partial charge in [-0.1, -0.05) is 25.8 Å². The number of fused-ring (bicyclic) bond motifs is 1. The Morgan fingerprint density at radius 2 is 2.14 bits per heavy atom. The SMILES string of the molecule is CC1CCCCC1NC(=O)C1(C)CC(=O)N=C2C=CC=CN21. The molecule has 3 rings (SSSR count). The van der Waals surface area contributed by atoms with Crippen molar-refractivity contribution in [2.75, 3.05) is 0 Å². The lowest BCUT2D eigenvalue weighted by Gasteiger charge is -2.43. The Morgan fingerprint density at radius 3 is 2.91 bits per heavy atom. The summed E-state index contributed by atoms with van der Waals surface area (Å²) in [5, 5.41) is 3.19. The normalized spacial score (nSPS) is 34.2. The predicted molar refractivity (Wildman–Crippen MR) is 85.1 cm³/mol. The van der Waals surface area contributed by atoms with E-state index in [1.165, 1.54) is 6.42 Å². The van der Waals surface area contributed by atoms with E-state index in [0.717, 1.165) is 19.3 Å². The summed E-state index contributed by atoms with van der Waals surface area (Å²) in [6, 6.07) is 0.208. The first-order valence-electron chi connectivity index (χ1n) is 8.07. The Bertz CT molecular complexity index is 578. The fraction of sp³-hybridized carbons (Fsp3) is 0.588. The zero-order chi connectivity index (χ0) is 15.7. The average Bonchev–Trinajstić information content (AvgIpc) is 2.49. The van der Waals surface area contributed by atoms with Gasteiger partial charge in [0.25, 0.3) is 5.91 Å². The van der Waals surface area contributed by atoms with Gasteiger partial charge in [0.1, 0.15) is 11.4 Å². The molecule has 1 saturated carbocycles. The van der Waals surface area contributed by atoms with Crippen LogP contribution in [0.3, 0.4) is 0 Å². The van der Waals surface area contributed by atoms with Gasteiger partial charge in [0.15, 0.2) is 0 Å². The second kappa shape index (κ2) is 5.71. The number of rotatable bonds is 2. The zero-order valence-electron chi connectivity index (χ0n) is 13.2. The van der Waals surface area contributed by atoms with Crippen LogP contribution < -0.4 is 5.32 Å². The van der Waals surface area contributed by atoms with E-state index < -0.39 is 5.54 Å². The van der Waals surface area contributed by atoms with Crippen LogP contribution in [0.5, 0.6) is 0 Å². The molecule has 3 aliphatic rings. The van der Waals surface area contributed by atoms with Crippen molar-refractivity contribution in [1.82, 2.24) is 10.2 Å².